The molecule has 2 aromatic rings. The Morgan fingerprint density at radius 1 is 1.04 bits per heavy atom. The molecule has 0 heterocycles. The SMILES string of the molecule is COc1ccc(Cl)cc1CC(=O)OCC(=O)NCCc1ccc(Cl)cc1. The van der Waals surface area contributed by atoms with Crippen molar-refractivity contribution < 1.29 is 19.1 Å². The van der Waals surface area contributed by atoms with Gasteiger partial charge in [0.25, 0.3) is 5.91 Å². The van der Waals surface area contributed by atoms with E-state index in [1.807, 2.05) is 12.1 Å². The van der Waals surface area contributed by atoms with Crippen LogP contribution in [-0.2, 0) is 27.2 Å². The van der Waals surface area contributed by atoms with E-state index in [-0.39, 0.29) is 18.9 Å². The van der Waals surface area contributed by atoms with Crippen LogP contribution in [0.1, 0.15) is 11.1 Å². The van der Waals surface area contributed by atoms with E-state index >= 15 is 0 Å². The molecule has 0 fully saturated rings. The van der Waals surface area contributed by atoms with Crippen molar-refractivity contribution in [3.63, 3.8) is 0 Å². The molecule has 2 rings (SSSR count). The Morgan fingerprint density at radius 2 is 1.73 bits per heavy atom. The van der Waals surface area contributed by atoms with Gasteiger partial charge in [-0.2, -0.15) is 0 Å². The fourth-order valence-electron chi connectivity index (χ4n) is 2.29. The van der Waals surface area contributed by atoms with Gasteiger partial charge in [-0.25, -0.2) is 0 Å². The minimum Gasteiger partial charge on any atom is -0.496 e. The standard InChI is InChI=1S/C19H19Cl2NO4/c1-25-17-7-6-16(21)10-14(17)11-19(24)26-12-18(23)22-9-8-13-2-4-15(20)5-3-13/h2-7,10H,8-9,11-12H2,1H3,(H,22,23). The number of amides is 1. The molecule has 0 saturated carbocycles. The predicted molar refractivity (Wildman–Crippen MR) is 101 cm³/mol. The molecule has 0 atom stereocenters. The molecule has 0 bridgehead atoms. The lowest BCUT2D eigenvalue weighted by molar-refractivity contribution is -0.147. The van der Waals surface area contributed by atoms with Crippen molar-refractivity contribution in [2.75, 3.05) is 20.3 Å². The average molecular weight is 396 g/mol. The van der Waals surface area contributed by atoms with Gasteiger partial charge in [0.05, 0.1) is 13.5 Å². The summed E-state index contributed by atoms with van der Waals surface area (Å²) < 4.78 is 10.2. The number of halogens is 2. The van der Waals surface area contributed by atoms with Crippen molar-refractivity contribution in [2.45, 2.75) is 12.8 Å². The van der Waals surface area contributed by atoms with Crippen LogP contribution in [0, 0.1) is 0 Å². The van der Waals surface area contributed by atoms with Crippen molar-refractivity contribution in [1.29, 1.82) is 0 Å². The lowest BCUT2D eigenvalue weighted by Crippen LogP contribution is -2.30. The van der Waals surface area contributed by atoms with E-state index in [1.165, 1.54) is 7.11 Å². The van der Waals surface area contributed by atoms with Gasteiger partial charge in [-0.15, -0.1) is 0 Å². The van der Waals surface area contributed by atoms with Crippen LogP contribution in [-0.4, -0.2) is 32.1 Å². The number of carbonyl (C=O) groups is 2. The topological polar surface area (TPSA) is 64.6 Å². The van der Waals surface area contributed by atoms with Gasteiger partial charge in [0.2, 0.25) is 0 Å². The van der Waals surface area contributed by atoms with Crippen molar-refractivity contribution >= 4 is 35.1 Å². The number of carbonyl (C=O) groups excluding carboxylic acids is 2. The quantitative estimate of drug-likeness (QED) is 0.695. The highest BCUT2D eigenvalue weighted by atomic mass is 35.5. The molecular weight excluding hydrogens is 377 g/mol. The lowest BCUT2D eigenvalue weighted by atomic mass is 10.1. The molecule has 0 spiro atoms. The van der Waals surface area contributed by atoms with Gasteiger partial charge in [-0.3, -0.25) is 9.59 Å². The third-order valence-corrected chi connectivity index (χ3v) is 4.08. The van der Waals surface area contributed by atoms with E-state index in [0.29, 0.717) is 34.3 Å². The third-order valence-electron chi connectivity index (χ3n) is 3.59. The summed E-state index contributed by atoms with van der Waals surface area (Å²) in [6, 6.07) is 12.4. The first-order valence-corrected chi connectivity index (χ1v) is 8.72. The van der Waals surface area contributed by atoms with Gasteiger partial charge in [0, 0.05) is 22.2 Å². The minimum atomic E-state index is -0.529. The predicted octanol–water partition coefficient (Wildman–Crippen LogP) is 3.45. The number of rotatable bonds is 8. The molecule has 1 N–H and O–H groups in total. The molecule has 0 radical (unpaired) electrons. The van der Waals surface area contributed by atoms with E-state index in [4.69, 9.17) is 32.7 Å². The van der Waals surface area contributed by atoms with E-state index in [9.17, 15) is 9.59 Å². The van der Waals surface area contributed by atoms with Crippen LogP contribution in [0.4, 0.5) is 0 Å². The van der Waals surface area contributed by atoms with Gasteiger partial charge in [-0.1, -0.05) is 35.3 Å². The second-order valence-corrected chi connectivity index (χ2v) is 6.39. The summed E-state index contributed by atoms with van der Waals surface area (Å²) in [6.07, 6.45) is 0.637. The van der Waals surface area contributed by atoms with E-state index in [2.05, 4.69) is 5.32 Å². The molecular formula is C19H19Cl2NO4. The molecule has 26 heavy (non-hydrogen) atoms. The summed E-state index contributed by atoms with van der Waals surface area (Å²) in [5.41, 5.74) is 1.66. The first-order chi connectivity index (χ1) is 12.5. The van der Waals surface area contributed by atoms with Crippen LogP contribution in [0.3, 0.4) is 0 Å². The molecule has 0 unspecified atom stereocenters. The Kier molecular flexibility index (Phi) is 7.75. The zero-order valence-corrected chi connectivity index (χ0v) is 15.8. The first kappa shape index (κ1) is 20.1. The van der Waals surface area contributed by atoms with E-state index in [0.717, 1.165) is 5.56 Å². The number of benzene rings is 2. The first-order valence-electron chi connectivity index (χ1n) is 7.97. The number of ether oxygens (including phenoxy) is 2. The normalized spacial score (nSPS) is 10.3. The third kappa shape index (κ3) is 6.58. The molecule has 0 saturated heterocycles. The van der Waals surface area contributed by atoms with Crippen LogP contribution < -0.4 is 10.1 Å². The number of hydrogen-bond donors (Lipinski definition) is 1. The van der Waals surface area contributed by atoms with Crippen molar-refractivity contribution in [3.8, 4) is 5.75 Å². The fraction of sp³-hybridized carbons (Fsp3) is 0.263. The summed E-state index contributed by atoms with van der Waals surface area (Å²) in [7, 11) is 1.51. The van der Waals surface area contributed by atoms with Crippen LogP contribution in [0.2, 0.25) is 10.0 Å². The Hall–Kier alpha value is -2.24. The molecule has 0 aliphatic carbocycles. The molecule has 138 valence electrons. The maximum Gasteiger partial charge on any atom is 0.310 e. The van der Waals surface area contributed by atoms with Crippen LogP contribution in [0.15, 0.2) is 42.5 Å². The molecule has 0 aromatic heterocycles. The highest BCUT2D eigenvalue weighted by molar-refractivity contribution is 6.30. The summed E-state index contributed by atoms with van der Waals surface area (Å²) in [6.45, 7) is 0.114. The smallest absolute Gasteiger partial charge is 0.310 e. The summed E-state index contributed by atoms with van der Waals surface area (Å²) in [4.78, 5) is 23.7. The Labute approximate surface area is 162 Å². The van der Waals surface area contributed by atoms with Gasteiger partial charge in [-0.05, 0) is 42.3 Å². The maximum atomic E-state index is 11.9. The van der Waals surface area contributed by atoms with Gasteiger partial charge in [0.15, 0.2) is 6.61 Å². The molecule has 5 nitrogen and oxygen atoms in total. The Morgan fingerprint density at radius 3 is 2.42 bits per heavy atom. The maximum absolute atomic E-state index is 11.9. The monoisotopic (exact) mass is 395 g/mol. The highest BCUT2D eigenvalue weighted by Gasteiger charge is 2.12. The van der Waals surface area contributed by atoms with Crippen molar-refractivity contribution in [3.05, 3.63) is 63.6 Å². The largest absolute Gasteiger partial charge is 0.496 e. The number of methoxy groups -OCH3 is 1. The summed E-state index contributed by atoms with van der Waals surface area (Å²) in [5, 5.41) is 3.86. The lowest BCUT2D eigenvalue weighted by Gasteiger charge is -2.09. The average Bonchev–Trinajstić information content (AvgIpc) is 2.62. The molecule has 2 aromatic carbocycles. The van der Waals surface area contributed by atoms with Gasteiger partial charge >= 0.3 is 5.97 Å². The molecule has 0 aliphatic heterocycles. The highest BCUT2D eigenvalue weighted by Crippen LogP contribution is 2.23. The minimum absolute atomic E-state index is 0.0260. The number of esters is 1. The van der Waals surface area contributed by atoms with Crippen LogP contribution in [0.5, 0.6) is 5.75 Å². The second-order valence-electron chi connectivity index (χ2n) is 5.52. The molecule has 1 amide bonds. The van der Waals surface area contributed by atoms with E-state index < -0.39 is 5.97 Å². The second kappa shape index (κ2) is 10.0. The number of hydrogen-bond acceptors (Lipinski definition) is 4. The Bertz CT molecular complexity index is 763. The van der Waals surface area contributed by atoms with Crippen molar-refractivity contribution in [1.82, 2.24) is 5.32 Å². The Balaban J connectivity index is 1.72. The van der Waals surface area contributed by atoms with Gasteiger partial charge < -0.3 is 14.8 Å². The summed E-state index contributed by atoms with van der Waals surface area (Å²) in [5.74, 6) is -0.345. The molecule has 7 heteroatoms. The zero-order chi connectivity index (χ0) is 18.9. The van der Waals surface area contributed by atoms with E-state index in [1.54, 1.807) is 30.3 Å². The summed E-state index contributed by atoms with van der Waals surface area (Å²) >= 11 is 11.7. The van der Waals surface area contributed by atoms with Crippen molar-refractivity contribution in [2.24, 2.45) is 0 Å². The fourth-order valence-corrected chi connectivity index (χ4v) is 2.61. The zero-order valence-electron chi connectivity index (χ0n) is 14.3. The number of nitrogens with one attached hydrogen (secondary N) is 1. The van der Waals surface area contributed by atoms with Crippen LogP contribution >= 0.6 is 23.2 Å². The molecule has 0 aliphatic rings. The van der Waals surface area contributed by atoms with Crippen LogP contribution in [0.25, 0.3) is 0 Å². The van der Waals surface area contributed by atoms with Gasteiger partial charge in [0.1, 0.15) is 5.75 Å².